The quantitative estimate of drug-likeness (QED) is 0.0222. The van der Waals surface area contributed by atoms with Crippen LogP contribution in [-0.2, 0) is 65.4 Å². The van der Waals surface area contributed by atoms with Crippen molar-refractivity contribution in [2.24, 2.45) is 5.92 Å². The monoisotopic (exact) mass is 1620 g/mol. The second kappa shape index (κ2) is 84.5. The zero-order valence-electron chi connectivity index (χ0n) is 73.1. The van der Waals surface area contributed by atoms with Gasteiger partial charge in [-0.25, -0.2) is 9.13 Å². The summed E-state index contributed by atoms with van der Waals surface area (Å²) in [5, 5.41) is 10.7. The van der Waals surface area contributed by atoms with Gasteiger partial charge in [-0.15, -0.1) is 0 Å². The smallest absolute Gasteiger partial charge is 0.462 e. The highest BCUT2D eigenvalue weighted by Crippen LogP contribution is 2.45. The van der Waals surface area contributed by atoms with E-state index in [1.807, 2.05) is 0 Å². The largest absolute Gasteiger partial charge is 0.472 e. The lowest BCUT2D eigenvalue weighted by Crippen LogP contribution is -2.30. The lowest BCUT2D eigenvalue weighted by molar-refractivity contribution is -0.161. The molecule has 0 fully saturated rings. The number of aliphatic hydroxyl groups excluding tert-OH is 1. The van der Waals surface area contributed by atoms with Gasteiger partial charge in [0.1, 0.15) is 19.3 Å². The van der Waals surface area contributed by atoms with Crippen molar-refractivity contribution in [1.29, 1.82) is 0 Å². The molecule has 0 heterocycles. The Morgan fingerprint density at radius 2 is 0.414 bits per heavy atom. The Morgan fingerprint density at radius 1 is 0.243 bits per heavy atom. The number of ether oxygens (including phenoxy) is 4. The normalized spacial score (nSPS) is 13.7. The minimum absolute atomic E-state index is 0.109. The molecule has 2 unspecified atom stereocenters. The third-order valence-corrected chi connectivity index (χ3v) is 23.7. The molecule has 0 aliphatic rings. The molecule has 3 N–H and O–H groups in total. The number of carbonyl (C=O) groups is 4. The average Bonchev–Trinajstić information content (AvgIpc) is 0.922. The summed E-state index contributed by atoms with van der Waals surface area (Å²) in [6.07, 6.45) is 80.7. The number of carbonyl (C=O) groups excluding carboxylic acids is 4. The second-order valence-corrected chi connectivity index (χ2v) is 36.4. The van der Waals surface area contributed by atoms with Crippen molar-refractivity contribution >= 4 is 39.5 Å². The fraction of sp³-hybridized carbons (Fsp3) is 0.957. The molecule has 17 nitrogen and oxygen atoms in total. The number of hydrogen-bond donors (Lipinski definition) is 3. The van der Waals surface area contributed by atoms with Crippen molar-refractivity contribution in [2.75, 3.05) is 39.6 Å². The zero-order chi connectivity index (χ0) is 81.1. The van der Waals surface area contributed by atoms with Crippen LogP contribution in [0.4, 0.5) is 0 Å². The van der Waals surface area contributed by atoms with Crippen molar-refractivity contribution in [3.63, 3.8) is 0 Å². The first-order valence-electron chi connectivity index (χ1n) is 47.6. The molecular weight excluding hydrogens is 1440 g/mol. The van der Waals surface area contributed by atoms with Crippen molar-refractivity contribution in [1.82, 2.24) is 0 Å². The predicted octanol–water partition coefficient (Wildman–Crippen LogP) is 28.7. The maximum absolute atomic E-state index is 13.2. The molecule has 5 atom stereocenters. The summed E-state index contributed by atoms with van der Waals surface area (Å²) in [6, 6.07) is 0. The Balaban J connectivity index is 5.21. The number of hydrogen-bond acceptors (Lipinski definition) is 15. The maximum Gasteiger partial charge on any atom is 0.472 e. The van der Waals surface area contributed by atoms with Crippen LogP contribution >= 0.6 is 15.6 Å². The molecule has 0 aromatic rings. The summed E-state index contributed by atoms with van der Waals surface area (Å²) >= 11 is 0. The molecule has 111 heavy (non-hydrogen) atoms. The average molecular weight is 1620 g/mol. The van der Waals surface area contributed by atoms with Crippen LogP contribution in [0.15, 0.2) is 0 Å². The summed E-state index contributed by atoms with van der Waals surface area (Å²) in [4.78, 5) is 73.4. The van der Waals surface area contributed by atoms with E-state index in [1.54, 1.807) is 0 Å². The van der Waals surface area contributed by atoms with Crippen LogP contribution in [0, 0.1) is 5.92 Å². The van der Waals surface area contributed by atoms with Gasteiger partial charge in [0.05, 0.1) is 26.4 Å². The maximum atomic E-state index is 13.2. The first-order chi connectivity index (χ1) is 54.0. The molecule has 0 aromatic heterocycles. The molecule has 0 amide bonds. The van der Waals surface area contributed by atoms with Gasteiger partial charge < -0.3 is 33.8 Å². The van der Waals surface area contributed by atoms with E-state index in [2.05, 4.69) is 34.6 Å². The van der Waals surface area contributed by atoms with Crippen LogP contribution < -0.4 is 0 Å². The van der Waals surface area contributed by atoms with E-state index in [0.717, 1.165) is 95.8 Å². The van der Waals surface area contributed by atoms with E-state index in [1.165, 1.54) is 327 Å². The molecule has 0 rings (SSSR count). The van der Waals surface area contributed by atoms with E-state index in [0.29, 0.717) is 25.7 Å². The molecule has 0 bridgehead atoms. The van der Waals surface area contributed by atoms with Gasteiger partial charge in [-0.3, -0.25) is 37.3 Å². The van der Waals surface area contributed by atoms with Crippen molar-refractivity contribution in [2.45, 2.75) is 522 Å². The summed E-state index contributed by atoms with van der Waals surface area (Å²) < 4.78 is 69.1. The lowest BCUT2D eigenvalue weighted by Gasteiger charge is -2.21. The van der Waals surface area contributed by atoms with E-state index in [-0.39, 0.29) is 25.7 Å². The number of phosphoric ester groups is 2. The van der Waals surface area contributed by atoms with Crippen LogP contribution in [0.25, 0.3) is 0 Å². The molecule has 0 aliphatic carbocycles. The van der Waals surface area contributed by atoms with Crippen LogP contribution in [0.3, 0.4) is 0 Å². The molecule has 0 spiro atoms. The fourth-order valence-electron chi connectivity index (χ4n) is 14.5. The summed E-state index contributed by atoms with van der Waals surface area (Å²) in [5.41, 5.74) is 0. The minimum Gasteiger partial charge on any atom is -0.462 e. The van der Waals surface area contributed by atoms with Crippen LogP contribution in [-0.4, -0.2) is 96.7 Å². The Hall–Kier alpha value is -1.94. The third-order valence-electron chi connectivity index (χ3n) is 21.8. The molecule has 660 valence electrons. The van der Waals surface area contributed by atoms with Crippen molar-refractivity contribution in [3.8, 4) is 0 Å². The minimum atomic E-state index is -4.97. The van der Waals surface area contributed by atoms with Crippen LogP contribution in [0.5, 0.6) is 0 Å². The van der Waals surface area contributed by atoms with Crippen LogP contribution in [0.2, 0.25) is 0 Å². The van der Waals surface area contributed by atoms with E-state index < -0.39 is 97.5 Å². The molecule has 0 aromatic carbocycles. The molecular formula is C92H180O17P2. The molecule has 0 aliphatic heterocycles. The highest BCUT2D eigenvalue weighted by Gasteiger charge is 2.31. The van der Waals surface area contributed by atoms with Gasteiger partial charge in [-0.05, 0) is 31.6 Å². The van der Waals surface area contributed by atoms with Gasteiger partial charge >= 0.3 is 39.5 Å². The highest BCUT2D eigenvalue weighted by molar-refractivity contribution is 7.47. The Bertz CT molecular complexity index is 2100. The molecule has 0 saturated heterocycles. The second-order valence-electron chi connectivity index (χ2n) is 33.5. The van der Waals surface area contributed by atoms with Gasteiger partial charge in [-0.2, -0.15) is 0 Å². The summed E-state index contributed by atoms with van der Waals surface area (Å²) in [6.45, 7) is 7.42. The standard InChI is InChI=1S/C92H180O17P2/c1-6-9-12-15-18-21-24-26-28-30-32-34-35-37-39-44-48-52-57-62-67-72-77-92(97)109-88(82-103-90(95)76-71-66-61-56-51-47-43-38-36-33-31-29-27-25-22-19-16-13-10-7-2)84-107-111(100,101)105-80-86(93)79-104-110(98,99)106-83-87(81-102-89(94)75-70-65-60-55-23-20-17-14-11-8-3)108-91(96)78-73-68-63-58-53-49-45-41-40-42-46-50-54-59-64-69-74-85(4)5/h85-88,93H,6-84H2,1-5H3,(H,98,99)(H,100,101)/t86-,87+,88+/m0/s1. The fourth-order valence-corrected chi connectivity index (χ4v) is 16.1. The first kappa shape index (κ1) is 109. The van der Waals surface area contributed by atoms with Crippen molar-refractivity contribution in [3.05, 3.63) is 0 Å². The SMILES string of the molecule is CCCCCCCCCCCCCCCCCCCCCCCCC(=O)O[C@H](COC(=O)CCCCCCCCCCCCCCCCCCCCCC)COP(=O)(O)OC[C@@H](O)COP(=O)(O)OC[C@@H](COC(=O)CCCCCCCCCCCC)OC(=O)CCCCCCCCCCCCCCCCCCC(C)C. The van der Waals surface area contributed by atoms with Gasteiger partial charge in [0, 0.05) is 25.7 Å². The van der Waals surface area contributed by atoms with Gasteiger partial charge in [0.25, 0.3) is 0 Å². The molecule has 19 heteroatoms. The van der Waals surface area contributed by atoms with E-state index >= 15 is 0 Å². The Morgan fingerprint density at radius 3 is 0.613 bits per heavy atom. The summed E-state index contributed by atoms with van der Waals surface area (Å²) in [7, 11) is -9.93. The first-order valence-corrected chi connectivity index (χ1v) is 50.6. The van der Waals surface area contributed by atoms with Crippen LogP contribution in [0.1, 0.15) is 503 Å². The Kier molecular flexibility index (Phi) is 83.0. The number of esters is 4. The van der Waals surface area contributed by atoms with Gasteiger partial charge in [-0.1, -0.05) is 452 Å². The Labute approximate surface area is 683 Å². The van der Waals surface area contributed by atoms with Crippen molar-refractivity contribution < 1.29 is 80.2 Å². The zero-order valence-corrected chi connectivity index (χ0v) is 74.9. The predicted molar refractivity (Wildman–Crippen MR) is 460 cm³/mol. The molecule has 0 radical (unpaired) electrons. The van der Waals surface area contributed by atoms with E-state index in [4.69, 9.17) is 37.0 Å². The molecule has 0 saturated carbocycles. The van der Waals surface area contributed by atoms with Gasteiger partial charge in [0.2, 0.25) is 0 Å². The third kappa shape index (κ3) is 85.8. The number of aliphatic hydroxyl groups is 1. The number of phosphoric acid groups is 2. The summed E-state index contributed by atoms with van der Waals surface area (Å²) in [5.74, 6) is -1.28. The lowest BCUT2D eigenvalue weighted by atomic mass is 10.0. The topological polar surface area (TPSA) is 237 Å². The number of rotatable bonds is 92. The number of unbranched alkanes of at least 4 members (excludes halogenated alkanes) is 64. The van der Waals surface area contributed by atoms with E-state index in [9.17, 15) is 43.2 Å². The van der Waals surface area contributed by atoms with Gasteiger partial charge in [0.15, 0.2) is 12.2 Å². The highest BCUT2D eigenvalue weighted by atomic mass is 31.2.